The molecule has 1 aliphatic heterocycles. The Kier molecular flexibility index (Phi) is 1.39. The topological polar surface area (TPSA) is 41.3 Å². The second kappa shape index (κ2) is 2.05. The molecule has 3 N–H and O–H groups in total. The van der Waals surface area contributed by atoms with Crippen molar-refractivity contribution in [3.05, 3.63) is 11.9 Å². The number of nitrogens with one attached hydrogen (secondary N) is 1. The van der Waals surface area contributed by atoms with E-state index in [9.17, 15) is 0 Å². The lowest BCUT2D eigenvalue weighted by Gasteiger charge is -2.02. The van der Waals surface area contributed by atoms with Gasteiger partial charge in [-0.2, -0.15) is 0 Å². The van der Waals surface area contributed by atoms with E-state index in [1.807, 2.05) is 13.2 Å². The van der Waals surface area contributed by atoms with Gasteiger partial charge in [0.2, 0.25) is 0 Å². The quantitative estimate of drug-likeness (QED) is 0.471. The van der Waals surface area contributed by atoms with Gasteiger partial charge in [-0.05, 0) is 0 Å². The molecule has 1 rings (SSSR count). The monoisotopic (exact) mass is 113 g/mol. The normalized spacial score (nSPS) is 18.2. The Labute approximate surface area is 49.2 Å². The van der Waals surface area contributed by atoms with E-state index in [1.54, 1.807) is 0 Å². The maximum Gasteiger partial charge on any atom is 0.0867 e. The van der Waals surface area contributed by atoms with Crippen molar-refractivity contribution in [3.8, 4) is 0 Å². The summed E-state index contributed by atoms with van der Waals surface area (Å²) in [7, 11) is 2.01. The third-order valence-electron chi connectivity index (χ3n) is 1.15. The van der Waals surface area contributed by atoms with Crippen molar-refractivity contribution in [2.45, 2.75) is 0 Å². The second-order valence-corrected chi connectivity index (χ2v) is 1.95. The number of hydrogen-bond donors (Lipinski definition) is 2. The summed E-state index contributed by atoms with van der Waals surface area (Å²) in [5, 5.41) is 3.12. The summed E-state index contributed by atoms with van der Waals surface area (Å²) in [5.74, 6) is 0. The lowest BCUT2D eigenvalue weighted by molar-refractivity contribution is 0.473. The molecular formula is C5H11N3. The van der Waals surface area contributed by atoms with Gasteiger partial charge in [-0.1, -0.05) is 0 Å². The molecule has 1 heterocycles. The molecule has 8 heavy (non-hydrogen) atoms. The van der Waals surface area contributed by atoms with Crippen LogP contribution in [-0.2, 0) is 0 Å². The molecule has 0 aromatic heterocycles. The third-order valence-corrected chi connectivity index (χ3v) is 1.15. The summed E-state index contributed by atoms with van der Waals surface area (Å²) in [6.07, 6.45) is 2.01. The average Bonchev–Trinajstić information content (AvgIpc) is 2.14. The molecule has 0 aromatic rings. The third kappa shape index (κ3) is 0.924. The summed E-state index contributed by atoms with van der Waals surface area (Å²) in [6, 6.07) is 0. The highest BCUT2D eigenvalue weighted by Crippen LogP contribution is 1.96. The molecule has 0 atom stereocenters. The molecule has 0 aliphatic carbocycles. The van der Waals surface area contributed by atoms with Crippen molar-refractivity contribution in [2.75, 3.05) is 20.3 Å². The second-order valence-electron chi connectivity index (χ2n) is 1.95. The minimum atomic E-state index is 0.615. The Bertz CT molecular complexity index is 108. The fourth-order valence-corrected chi connectivity index (χ4v) is 0.708. The van der Waals surface area contributed by atoms with E-state index in [4.69, 9.17) is 5.73 Å². The van der Waals surface area contributed by atoms with Crippen LogP contribution in [0.15, 0.2) is 11.9 Å². The van der Waals surface area contributed by atoms with Gasteiger partial charge in [0.15, 0.2) is 0 Å². The van der Waals surface area contributed by atoms with Crippen molar-refractivity contribution in [2.24, 2.45) is 5.73 Å². The van der Waals surface area contributed by atoms with Crippen LogP contribution in [-0.4, -0.2) is 25.2 Å². The van der Waals surface area contributed by atoms with Crippen LogP contribution in [0.5, 0.6) is 0 Å². The number of rotatable bonds is 1. The molecule has 0 bridgehead atoms. The molecule has 3 heteroatoms. The molecule has 0 saturated heterocycles. The fourth-order valence-electron chi connectivity index (χ4n) is 0.708. The average molecular weight is 113 g/mol. The highest BCUT2D eigenvalue weighted by molar-refractivity contribution is 5.04. The molecule has 3 nitrogen and oxygen atoms in total. The molecule has 0 radical (unpaired) electrons. The first-order valence-electron chi connectivity index (χ1n) is 2.68. The molecule has 0 amide bonds. The van der Waals surface area contributed by atoms with E-state index in [2.05, 4.69) is 10.2 Å². The predicted molar refractivity (Wildman–Crippen MR) is 32.9 cm³/mol. The van der Waals surface area contributed by atoms with Crippen LogP contribution in [0.25, 0.3) is 0 Å². The molecule has 0 spiro atoms. The standard InChI is InChI=1S/C5H11N3/c1-8-3-5(2-6)7-4-8/h3,7H,2,4,6H2,1H3. The summed E-state index contributed by atoms with van der Waals surface area (Å²) in [6.45, 7) is 1.51. The van der Waals surface area contributed by atoms with Crippen molar-refractivity contribution < 1.29 is 0 Å². The van der Waals surface area contributed by atoms with Gasteiger partial charge in [0.05, 0.1) is 6.67 Å². The van der Waals surface area contributed by atoms with E-state index in [1.165, 1.54) is 0 Å². The van der Waals surface area contributed by atoms with Gasteiger partial charge >= 0.3 is 0 Å². The van der Waals surface area contributed by atoms with Crippen LogP contribution < -0.4 is 11.1 Å². The van der Waals surface area contributed by atoms with Crippen LogP contribution in [0, 0.1) is 0 Å². The molecule has 46 valence electrons. The van der Waals surface area contributed by atoms with Crippen molar-refractivity contribution in [3.63, 3.8) is 0 Å². The Morgan fingerprint density at radius 1 is 2.00 bits per heavy atom. The molecule has 0 fully saturated rings. The Morgan fingerprint density at radius 3 is 3.00 bits per heavy atom. The van der Waals surface area contributed by atoms with Crippen molar-refractivity contribution in [1.82, 2.24) is 10.2 Å². The first kappa shape index (κ1) is 5.44. The highest BCUT2D eigenvalue weighted by atomic mass is 15.2. The first-order valence-corrected chi connectivity index (χ1v) is 2.68. The molecular weight excluding hydrogens is 102 g/mol. The maximum atomic E-state index is 5.34. The van der Waals surface area contributed by atoms with Crippen LogP contribution in [0.3, 0.4) is 0 Å². The smallest absolute Gasteiger partial charge is 0.0867 e. The number of nitrogens with zero attached hydrogens (tertiary/aromatic N) is 1. The minimum Gasteiger partial charge on any atom is -0.369 e. The lowest BCUT2D eigenvalue weighted by Crippen LogP contribution is -2.19. The lowest BCUT2D eigenvalue weighted by atomic mass is 10.5. The summed E-state index contributed by atoms with van der Waals surface area (Å²) < 4.78 is 0. The minimum absolute atomic E-state index is 0.615. The van der Waals surface area contributed by atoms with Crippen LogP contribution >= 0.6 is 0 Å². The van der Waals surface area contributed by atoms with E-state index in [0.717, 1.165) is 12.4 Å². The Hall–Kier alpha value is -0.700. The zero-order chi connectivity index (χ0) is 5.98. The maximum absolute atomic E-state index is 5.34. The first-order chi connectivity index (χ1) is 3.83. The zero-order valence-corrected chi connectivity index (χ0v) is 5.02. The summed E-state index contributed by atoms with van der Waals surface area (Å²) >= 11 is 0. The molecule has 0 aromatic carbocycles. The highest BCUT2D eigenvalue weighted by Gasteiger charge is 2.02. The van der Waals surface area contributed by atoms with E-state index in [0.29, 0.717) is 6.54 Å². The van der Waals surface area contributed by atoms with Crippen LogP contribution in [0.1, 0.15) is 0 Å². The zero-order valence-electron chi connectivity index (χ0n) is 5.02. The molecule has 0 unspecified atom stereocenters. The van der Waals surface area contributed by atoms with Gasteiger partial charge in [-0.15, -0.1) is 0 Å². The Morgan fingerprint density at radius 2 is 2.75 bits per heavy atom. The van der Waals surface area contributed by atoms with Gasteiger partial charge in [-0.25, -0.2) is 0 Å². The number of nitrogens with two attached hydrogens (primary N) is 1. The summed E-state index contributed by atoms with van der Waals surface area (Å²) in [4.78, 5) is 2.06. The van der Waals surface area contributed by atoms with Gasteiger partial charge in [0.25, 0.3) is 0 Å². The van der Waals surface area contributed by atoms with Gasteiger partial charge in [0, 0.05) is 25.5 Å². The van der Waals surface area contributed by atoms with Gasteiger partial charge in [0.1, 0.15) is 0 Å². The van der Waals surface area contributed by atoms with Crippen molar-refractivity contribution in [1.29, 1.82) is 0 Å². The Balaban J connectivity index is 2.44. The van der Waals surface area contributed by atoms with E-state index in [-0.39, 0.29) is 0 Å². The van der Waals surface area contributed by atoms with E-state index >= 15 is 0 Å². The fraction of sp³-hybridized carbons (Fsp3) is 0.600. The predicted octanol–water partition coefficient (Wildman–Crippen LogP) is -0.721. The van der Waals surface area contributed by atoms with Gasteiger partial charge < -0.3 is 16.0 Å². The molecule has 0 saturated carbocycles. The summed E-state index contributed by atoms with van der Waals surface area (Å²) in [5.41, 5.74) is 6.46. The van der Waals surface area contributed by atoms with Gasteiger partial charge in [-0.3, -0.25) is 0 Å². The van der Waals surface area contributed by atoms with Crippen LogP contribution in [0.4, 0.5) is 0 Å². The van der Waals surface area contributed by atoms with Crippen LogP contribution in [0.2, 0.25) is 0 Å². The number of hydrogen-bond acceptors (Lipinski definition) is 3. The largest absolute Gasteiger partial charge is 0.369 e. The molecule has 1 aliphatic rings. The van der Waals surface area contributed by atoms with Crippen molar-refractivity contribution >= 4 is 0 Å². The van der Waals surface area contributed by atoms with E-state index < -0.39 is 0 Å². The SMILES string of the molecule is CN1C=C(CN)NC1.